The summed E-state index contributed by atoms with van der Waals surface area (Å²) in [6.07, 6.45) is 8.11. The Morgan fingerprint density at radius 1 is 0.682 bits per heavy atom. The number of fused-ring (bicyclic) bond motifs is 2. The zero-order valence-electron chi connectivity index (χ0n) is 26.3. The van der Waals surface area contributed by atoms with Gasteiger partial charge in [0.2, 0.25) is 0 Å². The minimum atomic E-state index is -0.619. The highest BCUT2D eigenvalue weighted by Gasteiger charge is 2.58. The maximum atomic E-state index is 5.43. The lowest BCUT2D eigenvalue weighted by molar-refractivity contribution is -0.0504. The fraction of sp³-hybridized carbons (Fsp3) is 0.400. The first-order valence-electron chi connectivity index (χ1n) is 16.6. The average molecular weight is 615 g/mol. The lowest BCUT2D eigenvalue weighted by Crippen LogP contribution is -2.57. The van der Waals surface area contributed by atoms with E-state index in [9.17, 15) is 0 Å². The summed E-state index contributed by atoms with van der Waals surface area (Å²) in [5, 5.41) is 1.72. The SMILES string of the molecule is CC(C)(C)c1ccc(C2(CP)C3CC4CC(C3)CC2C4)c(C(P)(c2ccc3ccccc3n2)c2ccc3ccccc3n2)c1. The normalized spacial score (nSPS) is 26.5. The second-order valence-corrected chi connectivity index (χ2v) is 16.4. The van der Waals surface area contributed by atoms with Crippen molar-refractivity contribution in [1.82, 2.24) is 9.97 Å². The molecule has 4 aliphatic carbocycles. The maximum absolute atomic E-state index is 5.43. The quantitative estimate of drug-likeness (QED) is 0.184. The third-order valence-corrected chi connectivity index (χ3v) is 13.3. The van der Waals surface area contributed by atoms with Crippen LogP contribution in [0.3, 0.4) is 0 Å². The van der Waals surface area contributed by atoms with E-state index in [1.807, 2.05) is 0 Å². The summed E-state index contributed by atoms with van der Waals surface area (Å²) in [4.78, 5) is 10.9. The molecule has 44 heavy (non-hydrogen) atoms. The van der Waals surface area contributed by atoms with Gasteiger partial charge in [-0.2, -0.15) is 0 Å². The van der Waals surface area contributed by atoms with Crippen LogP contribution in [0, 0.1) is 23.7 Å². The van der Waals surface area contributed by atoms with E-state index in [1.54, 1.807) is 0 Å². The molecule has 0 radical (unpaired) electrons. The van der Waals surface area contributed by atoms with E-state index >= 15 is 0 Å². The first kappa shape index (κ1) is 28.8. The molecule has 4 bridgehead atoms. The number of hydrogen-bond acceptors (Lipinski definition) is 2. The van der Waals surface area contributed by atoms with Crippen LogP contribution in [-0.4, -0.2) is 16.1 Å². The molecule has 2 atom stereocenters. The molecular weight excluding hydrogens is 570 g/mol. The van der Waals surface area contributed by atoms with Gasteiger partial charge in [-0.1, -0.05) is 87.5 Å². The molecule has 4 aliphatic rings. The third-order valence-electron chi connectivity index (χ3n) is 11.7. The Morgan fingerprint density at radius 2 is 1.20 bits per heavy atom. The van der Waals surface area contributed by atoms with Crippen LogP contribution in [0.1, 0.15) is 81.0 Å². The predicted molar refractivity (Wildman–Crippen MR) is 192 cm³/mol. The van der Waals surface area contributed by atoms with Crippen molar-refractivity contribution in [2.24, 2.45) is 23.7 Å². The van der Waals surface area contributed by atoms with Gasteiger partial charge < -0.3 is 0 Å². The fourth-order valence-electron chi connectivity index (χ4n) is 9.63. The summed E-state index contributed by atoms with van der Waals surface area (Å²) in [6.45, 7) is 7.02. The molecule has 0 saturated heterocycles. The topological polar surface area (TPSA) is 25.8 Å². The van der Waals surface area contributed by atoms with E-state index in [2.05, 4.69) is 130 Å². The fourth-order valence-corrected chi connectivity index (χ4v) is 11.1. The summed E-state index contributed by atoms with van der Waals surface area (Å²) in [5.41, 5.74) is 8.59. The van der Waals surface area contributed by atoms with Gasteiger partial charge in [0.05, 0.1) is 27.6 Å². The largest absolute Gasteiger partial charge is 0.251 e. The number of rotatable bonds is 5. The van der Waals surface area contributed by atoms with E-state index in [0.29, 0.717) is 0 Å². The molecular formula is C40H44N2P2. The summed E-state index contributed by atoms with van der Waals surface area (Å²) in [6, 6.07) is 33.5. The van der Waals surface area contributed by atoms with Crippen LogP contribution in [-0.2, 0) is 16.0 Å². The molecule has 0 spiro atoms. The van der Waals surface area contributed by atoms with Crippen molar-refractivity contribution in [3.8, 4) is 0 Å². The van der Waals surface area contributed by atoms with Crippen molar-refractivity contribution in [2.45, 2.75) is 68.9 Å². The molecule has 2 unspecified atom stereocenters. The first-order chi connectivity index (χ1) is 21.2. The molecule has 4 saturated carbocycles. The van der Waals surface area contributed by atoms with Crippen LogP contribution in [0.5, 0.6) is 0 Å². The third kappa shape index (κ3) is 4.35. The van der Waals surface area contributed by atoms with Gasteiger partial charge in [0.15, 0.2) is 0 Å². The first-order valence-corrected chi connectivity index (χ1v) is 18.0. The van der Waals surface area contributed by atoms with Gasteiger partial charge in [-0.15, -0.1) is 18.5 Å². The van der Waals surface area contributed by atoms with Crippen molar-refractivity contribution < 1.29 is 0 Å². The highest BCUT2D eigenvalue weighted by Crippen LogP contribution is 2.65. The van der Waals surface area contributed by atoms with Gasteiger partial charge in [0, 0.05) is 16.2 Å². The average Bonchev–Trinajstić information content (AvgIpc) is 3.03. The number of nitrogens with zero attached hydrogens (tertiary/aromatic N) is 2. The molecule has 2 nitrogen and oxygen atoms in total. The Labute approximate surface area is 267 Å². The van der Waals surface area contributed by atoms with Gasteiger partial charge in [-0.05, 0) is 108 Å². The second-order valence-electron chi connectivity index (χ2n) is 15.1. The van der Waals surface area contributed by atoms with Crippen LogP contribution >= 0.6 is 18.5 Å². The minimum Gasteiger partial charge on any atom is -0.251 e. The highest BCUT2D eigenvalue weighted by atomic mass is 31.0. The Hall–Kier alpha value is -2.66. The number of aromatic nitrogens is 2. The molecule has 2 heterocycles. The van der Waals surface area contributed by atoms with Gasteiger partial charge >= 0.3 is 0 Å². The lowest BCUT2D eigenvalue weighted by Gasteiger charge is -2.62. The Bertz CT molecular complexity index is 1780. The van der Waals surface area contributed by atoms with Crippen molar-refractivity contribution in [1.29, 1.82) is 0 Å². The molecule has 0 aliphatic heterocycles. The van der Waals surface area contributed by atoms with Crippen LogP contribution in [0.15, 0.2) is 91.0 Å². The van der Waals surface area contributed by atoms with E-state index in [-0.39, 0.29) is 10.8 Å². The summed E-state index contributed by atoms with van der Waals surface area (Å²) in [5.74, 6) is 3.31. The van der Waals surface area contributed by atoms with Gasteiger partial charge in [-0.25, -0.2) is 0 Å². The van der Waals surface area contributed by atoms with Gasteiger partial charge in [0.25, 0.3) is 0 Å². The Kier molecular flexibility index (Phi) is 6.83. The van der Waals surface area contributed by atoms with E-state index < -0.39 is 5.16 Å². The van der Waals surface area contributed by atoms with Gasteiger partial charge in [0.1, 0.15) is 0 Å². The number of pyridine rings is 2. The number of hydrogen-bond donors (Lipinski definition) is 0. The van der Waals surface area contributed by atoms with E-state index in [0.717, 1.165) is 52.3 Å². The smallest absolute Gasteiger partial charge is 0.0936 e. The minimum absolute atomic E-state index is 0.0185. The molecule has 224 valence electrons. The van der Waals surface area contributed by atoms with Crippen molar-refractivity contribution >= 4 is 40.3 Å². The monoisotopic (exact) mass is 614 g/mol. The summed E-state index contributed by atoms with van der Waals surface area (Å²) in [7, 11) is 6.59. The maximum Gasteiger partial charge on any atom is 0.0936 e. The van der Waals surface area contributed by atoms with Crippen molar-refractivity contribution in [3.05, 3.63) is 119 Å². The highest BCUT2D eigenvalue weighted by molar-refractivity contribution is 7.19. The number of benzene rings is 3. The molecule has 4 heteroatoms. The molecule has 0 amide bonds. The van der Waals surface area contributed by atoms with Gasteiger partial charge in [-0.3, -0.25) is 9.97 Å². The van der Waals surface area contributed by atoms with E-state index in [4.69, 9.17) is 9.97 Å². The lowest BCUT2D eigenvalue weighted by atomic mass is 9.43. The molecule has 3 aromatic carbocycles. The molecule has 0 N–H and O–H groups in total. The number of para-hydroxylation sites is 2. The zero-order chi connectivity index (χ0) is 30.3. The molecule has 4 fully saturated rings. The van der Waals surface area contributed by atoms with Crippen LogP contribution < -0.4 is 0 Å². The molecule has 5 aromatic rings. The van der Waals surface area contributed by atoms with Crippen LogP contribution in [0.2, 0.25) is 0 Å². The second kappa shape index (κ2) is 10.4. The summed E-state index contributed by atoms with van der Waals surface area (Å²) < 4.78 is 0. The van der Waals surface area contributed by atoms with E-state index in [1.165, 1.54) is 59.6 Å². The van der Waals surface area contributed by atoms with Crippen LogP contribution in [0.25, 0.3) is 21.8 Å². The van der Waals surface area contributed by atoms with Crippen molar-refractivity contribution in [2.75, 3.05) is 6.16 Å². The standard InChI is InChI=1S/C40H44N2P2/c1-38(2,3)29-14-15-32(39(24-43)30-19-25-18-26(21-30)22-31(39)20-25)33(23-29)40(44,36-16-12-27-8-4-6-10-34(27)41-36)37-17-13-28-9-5-7-11-35(28)42-37/h4-17,23,25-26,30-31H,18-22,24,43-44H2,1-3H3. The zero-order valence-corrected chi connectivity index (χ0v) is 28.6. The molecule has 2 aromatic heterocycles. The Morgan fingerprint density at radius 3 is 1.70 bits per heavy atom. The van der Waals surface area contributed by atoms with Crippen LogP contribution in [0.4, 0.5) is 0 Å². The Balaban J connectivity index is 1.45. The predicted octanol–water partition coefficient (Wildman–Crippen LogP) is 9.82. The van der Waals surface area contributed by atoms with Crippen molar-refractivity contribution in [3.63, 3.8) is 0 Å². The molecule has 9 rings (SSSR count). The summed E-state index contributed by atoms with van der Waals surface area (Å²) >= 11 is 0.